The second kappa shape index (κ2) is 7.43. The quantitative estimate of drug-likeness (QED) is 0.603. The molecule has 0 amide bonds. The lowest BCUT2D eigenvalue weighted by molar-refractivity contribution is -0.673. The number of aryl methyl sites for hydroxylation is 1. The summed E-state index contributed by atoms with van der Waals surface area (Å²) in [5, 5.41) is 0. The summed E-state index contributed by atoms with van der Waals surface area (Å²) in [6.45, 7) is 4.63. The van der Waals surface area contributed by atoms with Crippen LogP contribution in [-0.2, 0) is 17.8 Å². The third-order valence-electron chi connectivity index (χ3n) is 3.76. The Bertz CT molecular complexity index is 737. The van der Waals surface area contributed by atoms with E-state index in [9.17, 15) is 0 Å². The van der Waals surface area contributed by atoms with Crippen LogP contribution in [0.3, 0.4) is 0 Å². The average molecular weight is 317 g/mol. The van der Waals surface area contributed by atoms with E-state index in [1.807, 2.05) is 0 Å². The molecule has 0 saturated carbocycles. The molecule has 2 aromatic carbocycles. The van der Waals surface area contributed by atoms with Gasteiger partial charge in [-0.1, -0.05) is 36.4 Å². The van der Waals surface area contributed by atoms with Crippen molar-refractivity contribution in [3.63, 3.8) is 0 Å². The van der Waals surface area contributed by atoms with Crippen molar-refractivity contribution in [2.75, 3.05) is 13.7 Å². The molecule has 0 aliphatic rings. The molecule has 0 unspecified atom stereocenters. The van der Waals surface area contributed by atoms with Gasteiger partial charge in [0.05, 0.1) is 6.61 Å². The molecule has 0 aliphatic heterocycles. The first kappa shape index (κ1) is 16.5. The molecule has 0 N–H and O–H groups in total. The highest BCUT2D eigenvalue weighted by Gasteiger charge is 2.15. The molecule has 116 valence electrons. The van der Waals surface area contributed by atoms with Crippen LogP contribution in [0, 0.1) is 6.92 Å². The summed E-state index contributed by atoms with van der Waals surface area (Å²) in [7, 11) is 1.74. The van der Waals surface area contributed by atoms with Crippen LogP contribution in [0.15, 0.2) is 54.9 Å². The standard InChI is InChI=1S/C18H21N2O.ClH/c1-15-8-9-17-18(12-15)20(14-19(17)10-11-21-2)13-16-6-4-3-5-7-16;/h3-9,12,14H,10-11,13H2,1-2H3;1H/q+1;/p-1. The van der Waals surface area contributed by atoms with Crippen molar-refractivity contribution in [3.05, 3.63) is 66.0 Å². The van der Waals surface area contributed by atoms with E-state index >= 15 is 0 Å². The monoisotopic (exact) mass is 316 g/mol. The SMILES string of the molecule is COCC[n+]1cn(Cc2ccccc2)c2cc(C)ccc21.[Cl-]. The number of rotatable bonds is 5. The van der Waals surface area contributed by atoms with Crippen molar-refractivity contribution in [1.29, 1.82) is 0 Å². The van der Waals surface area contributed by atoms with E-state index in [-0.39, 0.29) is 12.4 Å². The van der Waals surface area contributed by atoms with Gasteiger partial charge in [-0.05, 0) is 30.2 Å². The van der Waals surface area contributed by atoms with Crippen LogP contribution in [0.1, 0.15) is 11.1 Å². The highest BCUT2D eigenvalue weighted by molar-refractivity contribution is 5.72. The van der Waals surface area contributed by atoms with Gasteiger partial charge < -0.3 is 17.1 Å². The first-order chi connectivity index (χ1) is 10.3. The summed E-state index contributed by atoms with van der Waals surface area (Å²) in [6.07, 6.45) is 2.19. The highest BCUT2D eigenvalue weighted by atomic mass is 35.5. The third-order valence-corrected chi connectivity index (χ3v) is 3.76. The van der Waals surface area contributed by atoms with Gasteiger partial charge in [0.25, 0.3) is 0 Å². The first-order valence-electron chi connectivity index (χ1n) is 7.30. The summed E-state index contributed by atoms with van der Waals surface area (Å²) in [6, 6.07) is 17.2. The van der Waals surface area contributed by atoms with E-state index in [1.165, 1.54) is 22.2 Å². The van der Waals surface area contributed by atoms with Gasteiger partial charge in [-0.15, -0.1) is 0 Å². The number of hydrogen-bond acceptors (Lipinski definition) is 1. The molecule has 3 rings (SSSR count). The minimum Gasteiger partial charge on any atom is -1.00 e. The minimum atomic E-state index is 0. The molecular weight excluding hydrogens is 296 g/mol. The van der Waals surface area contributed by atoms with Crippen molar-refractivity contribution in [3.8, 4) is 0 Å². The summed E-state index contributed by atoms with van der Waals surface area (Å²) in [5.41, 5.74) is 5.13. The summed E-state index contributed by atoms with van der Waals surface area (Å²) in [5.74, 6) is 0. The Morgan fingerprint density at radius 1 is 1.09 bits per heavy atom. The maximum atomic E-state index is 5.22. The molecule has 0 fully saturated rings. The number of halogens is 1. The Hall–Kier alpha value is -1.84. The number of imidazole rings is 1. The molecule has 0 aliphatic carbocycles. The summed E-state index contributed by atoms with van der Waals surface area (Å²) in [4.78, 5) is 0. The summed E-state index contributed by atoms with van der Waals surface area (Å²) >= 11 is 0. The lowest BCUT2D eigenvalue weighted by atomic mass is 10.2. The van der Waals surface area contributed by atoms with Crippen molar-refractivity contribution in [2.45, 2.75) is 20.0 Å². The van der Waals surface area contributed by atoms with Gasteiger partial charge in [0.2, 0.25) is 6.33 Å². The predicted octanol–water partition coefficient (Wildman–Crippen LogP) is -0.0641. The van der Waals surface area contributed by atoms with Gasteiger partial charge in [-0.2, -0.15) is 0 Å². The number of hydrogen-bond donors (Lipinski definition) is 0. The maximum Gasteiger partial charge on any atom is 0.245 e. The number of aromatic nitrogens is 2. The minimum absolute atomic E-state index is 0. The van der Waals surface area contributed by atoms with Crippen LogP contribution >= 0.6 is 0 Å². The molecule has 0 atom stereocenters. The Kier molecular flexibility index (Phi) is 5.58. The number of benzene rings is 2. The number of methoxy groups -OCH3 is 1. The van der Waals surface area contributed by atoms with Crippen LogP contribution in [0.25, 0.3) is 11.0 Å². The van der Waals surface area contributed by atoms with Crippen molar-refractivity contribution in [1.82, 2.24) is 4.57 Å². The van der Waals surface area contributed by atoms with E-state index in [1.54, 1.807) is 7.11 Å². The smallest absolute Gasteiger partial charge is 0.245 e. The van der Waals surface area contributed by atoms with Crippen LogP contribution in [0.4, 0.5) is 0 Å². The fourth-order valence-electron chi connectivity index (χ4n) is 2.67. The number of nitrogens with zero attached hydrogens (tertiary/aromatic N) is 2. The Morgan fingerprint density at radius 2 is 1.86 bits per heavy atom. The Balaban J connectivity index is 0.00000176. The molecule has 3 aromatic rings. The van der Waals surface area contributed by atoms with E-state index in [0.717, 1.165) is 19.7 Å². The third kappa shape index (κ3) is 3.49. The van der Waals surface area contributed by atoms with Gasteiger partial charge in [0, 0.05) is 7.11 Å². The predicted molar refractivity (Wildman–Crippen MR) is 84.3 cm³/mol. The normalized spacial score (nSPS) is 10.6. The molecule has 4 heteroatoms. The lowest BCUT2D eigenvalue weighted by Crippen LogP contribution is -3.00. The van der Waals surface area contributed by atoms with Crippen LogP contribution in [0.2, 0.25) is 0 Å². The summed E-state index contributed by atoms with van der Waals surface area (Å²) < 4.78 is 9.79. The highest BCUT2D eigenvalue weighted by Crippen LogP contribution is 2.15. The van der Waals surface area contributed by atoms with Crippen LogP contribution in [-0.4, -0.2) is 18.3 Å². The maximum absolute atomic E-state index is 5.22. The lowest BCUT2D eigenvalue weighted by Gasteiger charge is -1.98. The average Bonchev–Trinajstić information content (AvgIpc) is 2.83. The van der Waals surface area contributed by atoms with E-state index in [2.05, 4.69) is 70.9 Å². The van der Waals surface area contributed by atoms with Gasteiger partial charge in [-0.25, -0.2) is 9.13 Å². The molecule has 0 radical (unpaired) electrons. The van der Waals surface area contributed by atoms with Crippen molar-refractivity contribution >= 4 is 11.0 Å². The van der Waals surface area contributed by atoms with Crippen LogP contribution < -0.4 is 17.0 Å². The van der Waals surface area contributed by atoms with Crippen molar-refractivity contribution in [2.24, 2.45) is 0 Å². The first-order valence-corrected chi connectivity index (χ1v) is 7.30. The van der Waals surface area contributed by atoms with E-state index in [4.69, 9.17) is 4.74 Å². The number of ether oxygens (including phenoxy) is 1. The molecule has 1 heterocycles. The topological polar surface area (TPSA) is 18.0 Å². The second-order valence-corrected chi connectivity index (χ2v) is 5.41. The molecule has 0 spiro atoms. The van der Waals surface area contributed by atoms with Crippen molar-refractivity contribution < 1.29 is 21.7 Å². The zero-order chi connectivity index (χ0) is 14.7. The second-order valence-electron chi connectivity index (χ2n) is 5.41. The Labute approximate surface area is 137 Å². The molecule has 22 heavy (non-hydrogen) atoms. The van der Waals surface area contributed by atoms with E-state index < -0.39 is 0 Å². The zero-order valence-electron chi connectivity index (χ0n) is 13.0. The number of fused-ring (bicyclic) bond motifs is 1. The van der Waals surface area contributed by atoms with Gasteiger partial charge in [0.1, 0.15) is 13.1 Å². The van der Waals surface area contributed by atoms with Gasteiger partial charge in [-0.3, -0.25) is 0 Å². The van der Waals surface area contributed by atoms with E-state index in [0.29, 0.717) is 0 Å². The molecule has 0 saturated heterocycles. The van der Waals surface area contributed by atoms with Crippen LogP contribution in [0.5, 0.6) is 0 Å². The largest absolute Gasteiger partial charge is 1.00 e. The molecule has 1 aromatic heterocycles. The molecule has 3 nitrogen and oxygen atoms in total. The molecular formula is C18H21ClN2O. The van der Waals surface area contributed by atoms with Gasteiger partial charge >= 0.3 is 0 Å². The Morgan fingerprint density at radius 3 is 2.59 bits per heavy atom. The zero-order valence-corrected chi connectivity index (χ0v) is 13.8. The van der Waals surface area contributed by atoms with Gasteiger partial charge in [0.15, 0.2) is 11.0 Å². The fourth-order valence-corrected chi connectivity index (χ4v) is 2.67. The fraction of sp³-hybridized carbons (Fsp3) is 0.278. The molecule has 0 bridgehead atoms.